The van der Waals surface area contributed by atoms with Crippen molar-refractivity contribution < 1.29 is 9.18 Å². The molecule has 1 aromatic heterocycles. The number of hydrogen-bond donors (Lipinski definition) is 1. The van der Waals surface area contributed by atoms with Crippen LogP contribution >= 0.6 is 0 Å². The van der Waals surface area contributed by atoms with Crippen molar-refractivity contribution in [3.05, 3.63) is 72.3 Å². The zero-order valence-electron chi connectivity index (χ0n) is 16.8. The van der Waals surface area contributed by atoms with Gasteiger partial charge in [0.2, 0.25) is 11.9 Å². The first-order valence-corrected chi connectivity index (χ1v) is 10.2. The summed E-state index contributed by atoms with van der Waals surface area (Å²) in [5, 5.41) is 2.76. The largest absolute Gasteiger partial charge is 0.368 e. The highest BCUT2D eigenvalue weighted by Gasteiger charge is 2.29. The number of anilines is 3. The van der Waals surface area contributed by atoms with Gasteiger partial charge in [0, 0.05) is 56.2 Å². The summed E-state index contributed by atoms with van der Waals surface area (Å²) in [4.78, 5) is 29.8. The smallest absolute Gasteiger partial charge is 0.237 e. The summed E-state index contributed by atoms with van der Waals surface area (Å²) in [7, 11) is 0. The zero-order chi connectivity index (χ0) is 21.2. The number of halogens is 1. The van der Waals surface area contributed by atoms with Gasteiger partial charge in [0.05, 0.1) is 5.69 Å². The Morgan fingerprint density at radius 2 is 1.71 bits per heavy atom. The van der Waals surface area contributed by atoms with Crippen molar-refractivity contribution >= 4 is 35.1 Å². The fourth-order valence-electron chi connectivity index (χ4n) is 3.93. The number of rotatable bonds is 4. The molecule has 3 heterocycles. The molecule has 1 amide bonds. The third-order valence-electron chi connectivity index (χ3n) is 5.59. The van der Waals surface area contributed by atoms with E-state index in [9.17, 15) is 9.18 Å². The van der Waals surface area contributed by atoms with Crippen molar-refractivity contribution in [3.63, 3.8) is 0 Å². The lowest BCUT2D eigenvalue weighted by molar-refractivity contribution is -0.115. The number of carbonyl (C=O) groups is 1. The average molecular weight is 416 g/mol. The van der Waals surface area contributed by atoms with E-state index in [4.69, 9.17) is 0 Å². The normalized spacial score (nSPS) is 18.4. The SMILES string of the molecule is O=C1Nc2ccc(F)cc2C1C=Nc1ccc(N2CCN(c3ncccn3)CC2)cc1. The van der Waals surface area contributed by atoms with Gasteiger partial charge < -0.3 is 15.1 Å². The van der Waals surface area contributed by atoms with Crippen LogP contribution in [-0.2, 0) is 4.79 Å². The molecule has 0 radical (unpaired) electrons. The van der Waals surface area contributed by atoms with Crippen LogP contribution in [0.2, 0.25) is 0 Å². The van der Waals surface area contributed by atoms with Crippen LogP contribution in [0, 0.1) is 5.82 Å². The van der Waals surface area contributed by atoms with E-state index < -0.39 is 5.92 Å². The molecule has 5 rings (SSSR count). The zero-order valence-corrected chi connectivity index (χ0v) is 16.8. The molecule has 31 heavy (non-hydrogen) atoms. The summed E-state index contributed by atoms with van der Waals surface area (Å²) in [6.07, 6.45) is 5.10. The number of amides is 1. The molecule has 1 fully saturated rings. The van der Waals surface area contributed by atoms with Crippen LogP contribution in [0.1, 0.15) is 11.5 Å². The molecule has 1 unspecified atom stereocenters. The molecule has 2 aromatic carbocycles. The van der Waals surface area contributed by atoms with E-state index in [-0.39, 0.29) is 11.7 Å². The monoisotopic (exact) mass is 416 g/mol. The molecule has 7 nitrogen and oxygen atoms in total. The number of nitrogens with zero attached hydrogens (tertiary/aromatic N) is 5. The lowest BCUT2D eigenvalue weighted by Gasteiger charge is -2.36. The molecule has 8 heteroatoms. The summed E-state index contributed by atoms with van der Waals surface area (Å²) in [5.41, 5.74) is 3.13. The molecule has 1 saturated heterocycles. The van der Waals surface area contributed by atoms with E-state index in [0.717, 1.165) is 43.5 Å². The maximum absolute atomic E-state index is 13.6. The Morgan fingerprint density at radius 1 is 1.00 bits per heavy atom. The first-order chi connectivity index (χ1) is 15.2. The Kier molecular flexibility index (Phi) is 5.03. The first-order valence-electron chi connectivity index (χ1n) is 10.2. The predicted octanol–water partition coefficient (Wildman–Crippen LogP) is 3.38. The highest BCUT2D eigenvalue weighted by atomic mass is 19.1. The van der Waals surface area contributed by atoms with Gasteiger partial charge in [-0.05, 0) is 54.1 Å². The standard InChI is InChI=1S/C23H21FN6O/c24-16-2-7-21-19(14-16)20(22(31)28-21)15-27-17-3-5-18(6-4-17)29-10-12-30(13-11-29)23-25-8-1-9-26-23/h1-9,14-15,20H,10-13H2,(H,28,31). The molecule has 2 aliphatic heterocycles. The molecule has 1 atom stereocenters. The first kappa shape index (κ1) is 19.2. The van der Waals surface area contributed by atoms with Gasteiger partial charge in [0.15, 0.2) is 0 Å². The lowest BCUT2D eigenvalue weighted by atomic mass is 10.0. The van der Waals surface area contributed by atoms with Crippen molar-refractivity contribution in [2.24, 2.45) is 4.99 Å². The number of hydrogen-bond acceptors (Lipinski definition) is 6. The van der Waals surface area contributed by atoms with E-state index in [1.165, 1.54) is 12.1 Å². The fourth-order valence-corrected chi connectivity index (χ4v) is 3.93. The predicted molar refractivity (Wildman–Crippen MR) is 119 cm³/mol. The van der Waals surface area contributed by atoms with Crippen LogP contribution in [0.5, 0.6) is 0 Å². The number of piperazine rings is 1. The Bertz CT molecular complexity index is 1110. The van der Waals surface area contributed by atoms with Crippen LogP contribution in [-0.4, -0.2) is 48.3 Å². The lowest BCUT2D eigenvalue weighted by Crippen LogP contribution is -2.47. The van der Waals surface area contributed by atoms with E-state index >= 15 is 0 Å². The molecule has 3 aromatic rings. The quantitative estimate of drug-likeness (QED) is 0.660. The second-order valence-corrected chi connectivity index (χ2v) is 7.52. The van der Waals surface area contributed by atoms with Crippen LogP contribution in [0.15, 0.2) is 65.9 Å². The molecule has 0 saturated carbocycles. The molecular formula is C23H21FN6O. The van der Waals surface area contributed by atoms with E-state index in [1.807, 2.05) is 30.3 Å². The Balaban J connectivity index is 1.23. The molecule has 2 aliphatic rings. The minimum atomic E-state index is -0.585. The van der Waals surface area contributed by atoms with E-state index in [0.29, 0.717) is 11.3 Å². The minimum absolute atomic E-state index is 0.193. The third kappa shape index (κ3) is 3.96. The van der Waals surface area contributed by atoms with Gasteiger partial charge in [-0.25, -0.2) is 14.4 Å². The molecule has 0 aliphatic carbocycles. The highest BCUT2D eigenvalue weighted by Crippen LogP contribution is 2.32. The van der Waals surface area contributed by atoms with Gasteiger partial charge in [-0.3, -0.25) is 9.79 Å². The second kappa shape index (κ2) is 8.14. The third-order valence-corrected chi connectivity index (χ3v) is 5.59. The summed E-state index contributed by atoms with van der Waals surface area (Å²) < 4.78 is 13.6. The second-order valence-electron chi connectivity index (χ2n) is 7.52. The maximum atomic E-state index is 13.6. The Morgan fingerprint density at radius 3 is 2.45 bits per heavy atom. The number of nitrogens with one attached hydrogen (secondary N) is 1. The maximum Gasteiger partial charge on any atom is 0.237 e. The van der Waals surface area contributed by atoms with E-state index in [1.54, 1.807) is 24.7 Å². The van der Waals surface area contributed by atoms with Crippen LogP contribution < -0.4 is 15.1 Å². The van der Waals surface area contributed by atoms with Crippen LogP contribution in [0.3, 0.4) is 0 Å². The average Bonchev–Trinajstić information content (AvgIpc) is 3.13. The van der Waals surface area contributed by atoms with Gasteiger partial charge in [-0.1, -0.05) is 0 Å². The van der Waals surface area contributed by atoms with Gasteiger partial charge >= 0.3 is 0 Å². The van der Waals surface area contributed by atoms with Crippen molar-refractivity contribution in [2.45, 2.75) is 5.92 Å². The van der Waals surface area contributed by atoms with Crippen molar-refractivity contribution in [3.8, 4) is 0 Å². The Labute approximate surface area is 179 Å². The number of aromatic nitrogens is 2. The van der Waals surface area contributed by atoms with Gasteiger partial charge in [-0.2, -0.15) is 0 Å². The number of aliphatic imine (C=N–C) groups is 1. The summed E-state index contributed by atoms with van der Waals surface area (Å²) >= 11 is 0. The highest BCUT2D eigenvalue weighted by molar-refractivity contribution is 6.12. The van der Waals surface area contributed by atoms with Crippen molar-refractivity contribution in [1.82, 2.24) is 9.97 Å². The molecular weight excluding hydrogens is 395 g/mol. The molecule has 156 valence electrons. The Hall–Kier alpha value is -3.81. The summed E-state index contributed by atoms with van der Waals surface area (Å²) in [6.45, 7) is 3.48. The molecule has 1 N–H and O–H groups in total. The number of benzene rings is 2. The van der Waals surface area contributed by atoms with Gasteiger partial charge in [0.25, 0.3) is 0 Å². The summed E-state index contributed by atoms with van der Waals surface area (Å²) in [6, 6.07) is 14.0. The summed E-state index contributed by atoms with van der Waals surface area (Å²) in [5.74, 6) is -0.374. The van der Waals surface area contributed by atoms with Gasteiger partial charge in [-0.15, -0.1) is 0 Å². The van der Waals surface area contributed by atoms with E-state index in [2.05, 4.69) is 30.1 Å². The van der Waals surface area contributed by atoms with Crippen LogP contribution in [0.4, 0.5) is 27.4 Å². The molecule has 0 bridgehead atoms. The number of carbonyl (C=O) groups excluding carboxylic acids is 1. The van der Waals surface area contributed by atoms with Crippen LogP contribution in [0.25, 0.3) is 0 Å². The fraction of sp³-hybridized carbons (Fsp3) is 0.217. The molecule has 0 spiro atoms. The van der Waals surface area contributed by atoms with Crippen molar-refractivity contribution in [2.75, 3.05) is 41.3 Å². The number of fused-ring (bicyclic) bond motifs is 1. The topological polar surface area (TPSA) is 73.7 Å². The van der Waals surface area contributed by atoms with Gasteiger partial charge in [0.1, 0.15) is 11.7 Å². The van der Waals surface area contributed by atoms with Crippen molar-refractivity contribution in [1.29, 1.82) is 0 Å². The minimum Gasteiger partial charge on any atom is -0.368 e.